The molecule has 0 radical (unpaired) electrons. The Labute approximate surface area is 176 Å². The number of hydrogen-bond donors (Lipinski definition) is 1. The van der Waals surface area contributed by atoms with Gasteiger partial charge in [0.25, 0.3) is 5.91 Å². The molecule has 7 nitrogen and oxygen atoms in total. The van der Waals surface area contributed by atoms with Gasteiger partial charge in [0.2, 0.25) is 0 Å². The monoisotopic (exact) mass is 418 g/mol. The summed E-state index contributed by atoms with van der Waals surface area (Å²) in [6.45, 7) is 4.27. The van der Waals surface area contributed by atoms with E-state index < -0.39 is 11.9 Å². The van der Waals surface area contributed by atoms with Crippen molar-refractivity contribution < 1.29 is 14.3 Å². The molecule has 29 heavy (non-hydrogen) atoms. The molecule has 2 rings (SSSR count). The number of unbranched alkanes of at least 4 members (excludes halogenated alkanes) is 1. The maximum absolute atomic E-state index is 12.0. The second-order valence-electron chi connectivity index (χ2n) is 6.80. The van der Waals surface area contributed by atoms with Crippen LogP contribution in [0.4, 0.5) is 11.4 Å². The van der Waals surface area contributed by atoms with Crippen molar-refractivity contribution in [3.8, 4) is 0 Å². The highest BCUT2D eigenvalue weighted by atomic mass is 35.5. The Morgan fingerprint density at radius 2 is 1.97 bits per heavy atom. The number of amides is 1. The standard InChI is InChI=1S/C21H27ClN4O3/c1-5-6-13-26-21(22)18(15(2)24-26)11-12-20(28)29-14-19(27)23-16-7-9-17(10-8-16)25(3)4/h7-12H,5-6,13-14H2,1-4H3,(H,23,27)/b12-11+. The quantitative estimate of drug-likeness (QED) is 0.493. The molecule has 0 aliphatic heterocycles. The Morgan fingerprint density at radius 1 is 1.28 bits per heavy atom. The molecular formula is C21H27ClN4O3. The number of benzene rings is 1. The molecule has 0 fully saturated rings. The van der Waals surface area contributed by atoms with Gasteiger partial charge in [0, 0.05) is 43.7 Å². The summed E-state index contributed by atoms with van der Waals surface area (Å²) >= 11 is 6.33. The molecule has 1 N–H and O–H groups in total. The number of aromatic nitrogens is 2. The molecule has 1 amide bonds. The number of hydrogen-bond acceptors (Lipinski definition) is 5. The van der Waals surface area contributed by atoms with E-state index in [1.165, 1.54) is 6.08 Å². The van der Waals surface area contributed by atoms with Crippen molar-refractivity contribution in [1.82, 2.24) is 9.78 Å². The van der Waals surface area contributed by atoms with Crippen LogP contribution in [-0.2, 0) is 20.9 Å². The minimum atomic E-state index is -0.625. The van der Waals surface area contributed by atoms with Crippen LogP contribution in [0.5, 0.6) is 0 Å². The Kier molecular flexibility index (Phi) is 8.27. The van der Waals surface area contributed by atoms with Crippen LogP contribution in [0.1, 0.15) is 31.0 Å². The summed E-state index contributed by atoms with van der Waals surface area (Å²) in [4.78, 5) is 25.9. The number of ether oxygens (including phenoxy) is 1. The lowest BCUT2D eigenvalue weighted by Gasteiger charge is -2.13. The number of aryl methyl sites for hydroxylation is 2. The number of rotatable bonds is 9. The van der Waals surface area contributed by atoms with Crippen molar-refractivity contribution in [2.45, 2.75) is 33.2 Å². The molecule has 0 saturated carbocycles. The molecule has 156 valence electrons. The van der Waals surface area contributed by atoms with Crippen LogP contribution in [0.25, 0.3) is 6.08 Å². The summed E-state index contributed by atoms with van der Waals surface area (Å²) in [6.07, 6.45) is 4.82. The molecule has 0 saturated heterocycles. The van der Waals surface area contributed by atoms with Crippen molar-refractivity contribution in [3.63, 3.8) is 0 Å². The Bertz CT molecular complexity index is 873. The van der Waals surface area contributed by atoms with Gasteiger partial charge >= 0.3 is 5.97 Å². The smallest absolute Gasteiger partial charge is 0.331 e. The van der Waals surface area contributed by atoms with Crippen LogP contribution < -0.4 is 10.2 Å². The number of carbonyl (C=O) groups is 2. The van der Waals surface area contributed by atoms with Crippen LogP contribution >= 0.6 is 11.6 Å². The fourth-order valence-corrected chi connectivity index (χ4v) is 2.91. The van der Waals surface area contributed by atoms with E-state index in [2.05, 4.69) is 17.3 Å². The highest BCUT2D eigenvalue weighted by molar-refractivity contribution is 6.31. The average molecular weight is 419 g/mol. The van der Waals surface area contributed by atoms with E-state index in [9.17, 15) is 9.59 Å². The van der Waals surface area contributed by atoms with Crippen molar-refractivity contribution in [2.75, 3.05) is 30.9 Å². The predicted octanol–water partition coefficient (Wildman–Crippen LogP) is 3.91. The van der Waals surface area contributed by atoms with Crippen LogP contribution in [0.15, 0.2) is 30.3 Å². The van der Waals surface area contributed by atoms with Gasteiger partial charge in [0.05, 0.1) is 5.69 Å². The first-order valence-electron chi connectivity index (χ1n) is 9.46. The van der Waals surface area contributed by atoms with Crippen LogP contribution in [0.3, 0.4) is 0 Å². The largest absolute Gasteiger partial charge is 0.452 e. The molecule has 1 aromatic heterocycles. The van der Waals surface area contributed by atoms with E-state index in [-0.39, 0.29) is 6.61 Å². The first kappa shape index (κ1) is 22.5. The van der Waals surface area contributed by atoms with Gasteiger partial charge in [-0.25, -0.2) is 4.79 Å². The maximum atomic E-state index is 12.0. The van der Waals surface area contributed by atoms with Crippen molar-refractivity contribution in [1.29, 1.82) is 0 Å². The molecule has 0 unspecified atom stereocenters. The molecule has 0 aliphatic rings. The van der Waals surface area contributed by atoms with Gasteiger partial charge in [0.15, 0.2) is 6.61 Å². The molecule has 0 atom stereocenters. The fraction of sp³-hybridized carbons (Fsp3) is 0.381. The Balaban J connectivity index is 1.86. The van der Waals surface area contributed by atoms with E-state index in [4.69, 9.17) is 16.3 Å². The zero-order valence-electron chi connectivity index (χ0n) is 17.2. The lowest BCUT2D eigenvalue weighted by molar-refractivity contribution is -0.142. The Hall–Kier alpha value is -2.80. The average Bonchev–Trinajstić information content (AvgIpc) is 2.96. The minimum Gasteiger partial charge on any atom is -0.452 e. The molecular weight excluding hydrogens is 392 g/mol. The van der Waals surface area contributed by atoms with Gasteiger partial charge in [-0.1, -0.05) is 24.9 Å². The van der Waals surface area contributed by atoms with Gasteiger partial charge in [-0.3, -0.25) is 9.48 Å². The molecule has 1 aromatic carbocycles. The molecule has 2 aromatic rings. The van der Waals surface area contributed by atoms with E-state index in [1.54, 1.807) is 22.9 Å². The van der Waals surface area contributed by atoms with Gasteiger partial charge in [-0.2, -0.15) is 5.10 Å². The van der Waals surface area contributed by atoms with E-state index >= 15 is 0 Å². The number of halogens is 1. The summed E-state index contributed by atoms with van der Waals surface area (Å²) in [5.41, 5.74) is 3.06. The fourth-order valence-electron chi connectivity index (χ4n) is 2.59. The number of carbonyl (C=O) groups excluding carboxylic acids is 2. The normalized spacial score (nSPS) is 10.9. The van der Waals surface area contributed by atoms with Crippen LogP contribution in [-0.4, -0.2) is 42.4 Å². The van der Waals surface area contributed by atoms with Gasteiger partial charge < -0.3 is 15.0 Å². The number of esters is 1. The second kappa shape index (κ2) is 10.7. The summed E-state index contributed by atoms with van der Waals surface area (Å²) < 4.78 is 6.72. The summed E-state index contributed by atoms with van der Waals surface area (Å²) in [7, 11) is 3.87. The lowest BCUT2D eigenvalue weighted by atomic mass is 10.2. The van der Waals surface area contributed by atoms with Gasteiger partial charge in [0.1, 0.15) is 5.15 Å². The first-order valence-corrected chi connectivity index (χ1v) is 9.84. The molecule has 8 heteroatoms. The molecule has 0 aliphatic carbocycles. The summed E-state index contributed by atoms with van der Waals surface area (Å²) in [6, 6.07) is 7.35. The van der Waals surface area contributed by atoms with E-state index in [0.717, 1.165) is 30.8 Å². The number of nitrogens with one attached hydrogen (secondary N) is 1. The zero-order valence-corrected chi connectivity index (χ0v) is 18.0. The third-order valence-electron chi connectivity index (χ3n) is 4.23. The van der Waals surface area contributed by atoms with Crippen LogP contribution in [0, 0.1) is 6.92 Å². The van der Waals surface area contributed by atoms with E-state index in [1.807, 2.05) is 38.1 Å². The topological polar surface area (TPSA) is 76.5 Å². The number of anilines is 2. The van der Waals surface area contributed by atoms with E-state index in [0.29, 0.717) is 16.4 Å². The van der Waals surface area contributed by atoms with Crippen LogP contribution in [0.2, 0.25) is 5.15 Å². The molecule has 1 heterocycles. The first-order chi connectivity index (χ1) is 13.8. The van der Waals surface area contributed by atoms with Gasteiger partial charge in [-0.15, -0.1) is 0 Å². The van der Waals surface area contributed by atoms with Gasteiger partial charge in [-0.05, 0) is 43.7 Å². The predicted molar refractivity (Wildman–Crippen MR) is 116 cm³/mol. The third kappa shape index (κ3) is 6.64. The van der Waals surface area contributed by atoms with Crippen molar-refractivity contribution >= 4 is 40.9 Å². The lowest BCUT2D eigenvalue weighted by Crippen LogP contribution is -2.20. The summed E-state index contributed by atoms with van der Waals surface area (Å²) in [5.74, 6) is -1.04. The zero-order chi connectivity index (χ0) is 21.4. The number of nitrogens with zero attached hydrogens (tertiary/aromatic N) is 3. The minimum absolute atomic E-state index is 0.374. The third-order valence-corrected chi connectivity index (χ3v) is 4.63. The molecule has 0 bridgehead atoms. The highest BCUT2D eigenvalue weighted by Gasteiger charge is 2.12. The van der Waals surface area contributed by atoms with Crippen molar-refractivity contribution in [2.24, 2.45) is 0 Å². The SMILES string of the molecule is CCCCn1nc(C)c(/C=C/C(=O)OCC(=O)Nc2ccc(N(C)C)cc2)c1Cl. The highest BCUT2D eigenvalue weighted by Crippen LogP contribution is 2.22. The Morgan fingerprint density at radius 3 is 2.59 bits per heavy atom. The second-order valence-corrected chi connectivity index (χ2v) is 7.16. The molecule has 0 spiro atoms. The maximum Gasteiger partial charge on any atom is 0.331 e. The summed E-state index contributed by atoms with van der Waals surface area (Å²) in [5, 5.41) is 7.55. The van der Waals surface area contributed by atoms with Crippen molar-refractivity contribution in [3.05, 3.63) is 46.8 Å².